The molecule has 0 aliphatic heterocycles. The maximum Gasteiger partial charge on any atom is 0.277 e. The Hall–Kier alpha value is -0.760. The third-order valence-electron chi connectivity index (χ3n) is 1.96. The lowest BCUT2D eigenvalue weighted by Crippen LogP contribution is -2.16. The van der Waals surface area contributed by atoms with Crippen LogP contribution in [-0.4, -0.2) is 20.9 Å². The maximum atomic E-state index is 12.0. The smallest absolute Gasteiger partial charge is 0.277 e. The van der Waals surface area contributed by atoms with Gasteiger partial charge in [-0.15, -0.1) is 0 Å². The average molecular weight is 427 g/mol. The van der Waals surface area contributed by atoms with Crippen LogP contribution in [0.15, 0.2) is 27.5 Å². The van der Waals surface area contributed by atoms with Gasteiger partial charge in [-0.25, -0.2) is 15.0 Å². The van der Waals surface area contributed by atoms with Crippen molar-refractivity contribution in [1.82, 2.24) is 15.0 Å². The summed E-state index contributed by atoms with van der Waals surface area (Å²) in [5.74, 6) is -0.268. The maximum absolute atomic E-state index is 12.0. The Kier molecular flexibility index (Phi) is 4.72. The number of aromatic nitrogens is 3. The van der Waals surface area contributed by atoms with Gasteiger partial charge < -0.3 is 5.32 Å². The molecule has 0 fully saturated rings. The molecular formula is C10H4Br2Cl2N4O. The zero-order valence-electron chi connectivity index (χ0n) is 8.99. The second-order valence-electron chi connectivity index (χ2n) is 3.25. The van der Waals surface area contributed by atoms with Gasteiger partial charge in [0.15, 0.2) is 5.82 Å². The Morgan fingerprint density at radius 2 is 1.95 bits per heavy atom. The Morgan fingerprint density at radius 3 is 2.63 bits per heavy atom. The fourth-order valence-corrected chi connectivity index (χ4v) is 2.42. The normalized spacial score (nSPS) is 10.3. The highest BCUT2D eigenvalue weighted by atomic mass is 79.9. The summed E-state index contributed by atoms with van der Waals surface area (Å²) < 4.78 is 0.921. The molecule has 0 radical (unpaired) electrons. The summed E-state index contributed by atoms with van der Waals surface area (Å²) in [6.07, 6.45) is 1.45. The van der Waals surface area contributed by atoms with E-state index in [1.54, 1.807) is 0 Å². The van der Waals surface area contributed by atoms with E-state index >= 15 is 0 Å². The molecular weight excluding hydrogens is 423 g/mol. The molecule has 0 saturated heterocycles. The van der Waals surface area contributed by atoms with Crippen LogP contribution >= 0.6 is 55.1 Å². The van der Waals surface area contributed by atoms with Gasteiger partial charge in [-0.3, -0.25) is 4.79 Å². The zero-order valence-corrected chi connectivity index (χ0v) is 13.7. The first-order valence-corrected chi connectivity index (χ1v) is 7.13. The number of hydrogen-bond acceptors (Lipinski definition) is 4. The highest BCUT2D eigenvalue weighted by Crippen LogP contribution is 2.22. The first-order valence-electron chi connectivity index (χ1n) is 4.79. The van der Waals surface area contributed by atoms with Crippen LogP contribution in [0.4, 0.5) is 5.82 Å². The molecule has 0 bridgehead atoms. The second kappa shape index (κ2) is 6.13. The van der Waals surface area contributed by atoms with Crippen LogP contribution in [0.5, 0.6) is 0 Å². The summed E-state index contributed by atoms with van der Waals surface area (Å²) in [6, 6.07) is 2.99. The molecule has 2 aromatic rings. The van der Waals surface area contributed by atoms with Crippen LogP contribution in [0.2, 0.25) is 10.2 Å². The lowest BCUT2D eigenvalue weighted by Gasteiger charge is -2.06. The van der Waals surface area contributed by atoms with Crippen LogP contribution in [-0.2, 0) is 0 Å². The molecule has 2 rings (SSSR count). The number of nitrogens with zero attached hydrogens (tertiary/aromatic N) is 3. The van der Waals surface area contributed by atoms with Crippen LogP contribution in [0.1, 0.15) is 10.5 Å². The Labute approximate surface area is 135 Å². The second-order valence-corrected chi connectivity index (χ2v) is 5.61. The van der Waals surface area contributed by atoms with E-state index in [2.05, 4.69) is 52.1 Å². The summed E-state index contributed by atoms with van der Waals surface area (Å²) >= 11 is 18.0. The Bertz CT molecular complexity index is 653. The molecule has 98 valence electrons. The zero-order chi connectivity index (χ0) is 14.0. The van der Waals surface area contributed by atoms with Crippen molar-refractivity contribution in [2.75, 3.05) is 5.32 Å². The topological polar surface area (TPSA) is 67.8 Å². The van der Waals surface area contributed by atoms with Gasteiger partial charge >= 0.3 is 0 Å². The Balaban J connectivity index is 2.28. The van der Waals surface area contributed by atoms with Gasteiger partial charge in [-0.2, -0.15) is 0 Å². The van der Waals surface area contributed by atoms with Gasteiger partial charge in [-0.1, -0.05) is 23.2 Å². The minimum Gasteiger partial charge on any atom is -0.303 e. The van der Waals surface area contributed by atoms with Crippen molar-refractivity contribution in [3.8, 4) is 0 Å². The third kappa shape index (κ3) is 3.62. The van der Waals surface area contributed by atoms with Crippen molar-refractivity contribution in [2.45, 2.75) is 0 Å². The van der Waals surface area contributed by atoms with Crippen LogP contribution in [0.25, 0.3) is 0 Å². The molecule has 0 spiro atoms. The molecule has 0 aliphatic rings. The number of carbonyl (C=O) groups excluding carboxylic acids is 1. The van der Waals surface area contributed by atoms with Crippen molar-refractivity contribution in [3.05, 3.63) is 43.4 Å². The van der Waals surface area contributed by atoms with Crippen molar-refractivity contribution in [2.24, 2.45) is 0 Å². The highest BCUT2D eigenvalue weighted by Gasteiger charge is 2.15. The monoisotopic (exact) mass is 424 g/mol. The summed E-state index contributed by atoms with van der Waals surface area (Å²) in [5.41, 5.74) is 0.0192. The minimum absolute atomic E-state index is 0.0192. The molecule has 0 aliphatic carbocycles. The quantitative estimate of drug-likeness (QED) is 0.738. The number of pyridine rings is 1. The number of halogens is 4. The molecule has 1 amide bonds. The fourth-order valence-electron chi connectivity index (χ4n) is 1.17. The predicted molar refractivity (Wildman–Crippen MR) is 79.6 cm³/mol. The van der Waals surface area contributed by atoms with E-state index < -0.39 is 5.91 Å². The van der Waals surface area contributed by atoms with Crippen molar-refractivity contribution < 1.29 is 4.79 Å². The first-order chi connectivity index (χ1) is 8.97. The van der Waals surface area contributed by atoms with E-state index in [0.29, 0.717) is 9.21 Å². The summed E-state index contributed by atoms with van der Waals surface area (Å²) in [5, 5.41) is 2.91. The third-order valence-corrected chi connectivity index (χ3v) is 3.41. The summed E-state index contributed by atoms with van der Waals surface area (Å²) in [4.78, 5) is 23.9. The first kappa shape index (κ1) is 14.6. The molecule has 0 aromatic carbocycles. The molecule has 1 N–H and O–H groups in total. The minimum atomic E-state index is -0.523. The van der Waals surface area contributed by atoms with E-state index in [9.17, 15) is 4.79 Å². The summed E-state index contributed by atoms with van der Waals surface area (Å²) in [7, 11) is 0. The average Bonchev–Trinajstić information content (AvgIpc) is 2.35. The molecule has 19 heavy (non-hydrogen) atoms. The van der Waals surface area contributed by atoms with Gasteiger partial charge in [-0.05, 0) is 44.0 Å². The van der Waals surface area contributed by atoms with Gasteiger partial charge in [0, 0.05) is 0 Å². The molecule has 2 heterocycles. The predicted octanol–water partition coefficient (Wildman–Crippen LogP) is 3.96. The number of anilines is 1. The lowest BCUT2D eigenvalue weighted by molar-refractivity contribution is 0.102. The van der Waals surface area contributed by atoms with Gasteiger partial charge in [0.05, 0.1) is 11.2 Å². The van der Waals surface area contributed by atoms with Crippen LogP contribution < -0.4 is 5.32 Å². The van der Waals surface area contributed by atoms with Gasteiger partial charge in [0.2, 0.25) is 0 Å². The SMILES string of the molecule is O=C(Nc1ncc(Br)nc1Br)c1nc(Cl)ccc1Cl. The number of hydrogen-bond donors (Lipinski definition) is 1. The van der Waals surface area contributed by atoms with E-state index in [4.69, 9.17) is 23.2 Å². The molecule has 5 nitrogen and oxygen atoms in total. The Morgan fingerprint density at radius 1 is 1.21 bits per heavy atom. The largest absolute Gasteiger partial charge is 0.303 e. The van der Waals surface area contributed by atoms with Gasteiger partial charge in [0.1, 0.15) is 20.1 Å². The van der Waals surface area contributed by atoms with Crippen LogP contribution in [0, 0.1) is 0 Å². The molecule has 0 atom stereocenters. The lowest BCUT2D eigenvalue weighted by atomic mass is 10.3. The van der Waals surface area contributed by atoms with Gasteiger partial charge in [0.25, 0.3) is 5.91 Å². The van der Waals surface area contributed by atoms with Crippen molar-refractivity contribution >= 4 is 66.8 Å². The fraction of sp³-hybridized carbons (Fsp3) is 0. The van der Waals surface area contributed by atoms with E-state index in [-0.39, 0.29) is 21.7 Å². The molecule has 0 unspecified atom stereocenters. The number of rotatable bonds is 2. The van der Waals surface area contributed by atoms with Crippen molar-refractivity contribution in [1.29, 1.82) is 0 Å². The highest BCUT2D eigenvalue weighted by molar-refractivity contribution is 9.11. The van der Waals surface area contributed by atoms with E-state index in [1.807, 2.05) is 0 Å². The molecule has 9 heteroatoms. The van der Waals surface area contributed by atoms with E-state index in [0.717, 1.165) is 0 Å². The molecule has 0 saturated carbocycles. The molecule has 2 aromatic heterocycles. The number of amides is 1. The standard InChI is InChI=1S/C10H4Br2Cl2N4O/c11-5-3-15-9(8(12)16-5)18-10(19)7-4(13)1-2-6(14)17-7/h1-3H,(H,15,18,19). The van der Waals surface area contributed by atoms with E-state index in [1.165, 1.54) is 18.3 Å². The number of nitrogens with one attached hydrogen (secondary N) is 1. The van der Waals surface area contributed by atoms with Crippen LogP contribution in [0.3, 0.4) is 0 Å². The van der Waals surface area contributed by atoms with Crippen molar-refractivity contribution in [3.63, 3.8) is 0 Å². The summed E-state index contributed by atoms with van der Waals surface area (Å²) in [6.45, 7) is 0. The number of carbonyl (C=O) groups is 1.